The Kier molecular flexibility index (Phi) is 5.29. The van der Waals surface area contributed by atoms with Crippen LogP contribution in [0.5, 0.6) is 0 Å². The number of aryl methyl sites for hydroxylation is 1. The smallest absolute Gasteiger partial charge is 0.262 e. The molecule has 0 fully saturated rings. The van der Waals surface area contributed by atoms with Crippen LogP contribution >= 0.6 is 11.8 Å². The summed E-state index contributed by atoms with van der Waals surface area (Å²) < 4.78 is 16.3. The van der Waals surface area contributed by atoms with Gasteiger partial charge in [-0.3, -0.25) is 18.6 Å². The SMILES string of the molecule is CC(Sc1nnc2n(C)c(=O)c3ccccc3n12)C(=O)NC(C)c1ccc(F)cc1. The molecule has 30 heavy (non-hydrogen) atoms. The van der Waals surface area contributed by atoms with Gasteiger partial charge in [0.05, 0.1) is 22.2 Å². The van der Waals surface area contributed by atoms with Crippen molar-refractivity contribution in [1.29, 1.82) is 0 Å². The minimum absolute atomic E-state index is 0.152. The lowest BCUT2D eigenvalue weighted by Crippen LogP contribution is -2.33. The zero-order valence-corrected chi connectivity index (χ0v) is 17.5. The van der Waals surface area contributed by atoms with E-state index in [1.165, 1.54) is 28.5 Å². The van der Waals surface area contributed by atoms with Crippen LogP contribution in [0.4, 0.5) is 4.39 Å². The predicted molar refractivity (Wildman–Crippen MR) is 114 cm³/mol. The minimum Gasteiger partial charge on any atom is -0.349 e. The highest BCUT2D eigenvalue weighted by molar-refractivity contribution is 8.00. The molecule has 2 atom stereocenters. The van der Waals surface area contributed by atoms with E-state index in [2.05, 4.69) is 15.5 Å². The second kappa shape index (κ2) is 7.91. The molecule has 154 valence electrons. The van der Waals surface area contributed by atoms with Crippen LogP contribution in [0.1, 0.15) is 25.5 Å². The van der Waals surface area contributed by atoms with Crippen molar-refractivity contribution in [1.82, 2.24) is 24.5 Å². The molecule has 9 heteroatoms. The van der Waals surface area contributed by atoms with Crippen LogP contribution in [0.2, 0.25) is 0 Å². The predicted octanol–water partition coefficient (Wildman–Crippen LogP) is 3.08. The number of carbonyl (C=O) groups excluding carboxylic acids is 1. The number of para-hydroxylation sites is 1. The Balaban J connectivity index is 1.60. The number of carbonyl (C=O) groups is 1. The van der Waals surface area contributed by atoms with Crippen molar-refractivity contribution >= 4 is 34.3 Å². The number of amides is 1. The first-order valence-corrected chi connectivity index (χ1v) is 10.3. The number of hydrogen-bond acceptors (Lipinski definition) is 5. The van der Waals surface area contributed by atoms with E-state index >= 15 is 0 Å². The maximum Gasteiger partial charge on any atom is 0.262 e. The van der Waals surface area contributed by atoms with Crippen molar-refractivity contribution in [3.63, 3.8) is 0 Å². The number of rotatable bonds is 5. The molecule has 0 saturated heterocycles. The largest absolute Gasteiger partial charge is 0.349 e. The van der Waals surface area contributed by atoms with Gasteiger partial charge in [0.25, 0.3) is 5.56 Å². The van der Waals surface area contributed by atoms with Gasteiger partial charge in [-0.1, -0.05) is 36.0 Å². The summed E-state index contributed by atoms with van der Waals surface area (Å²) in [6, 6.07) is 13.0. The van der Waals surface area contributed by atoms with Crippen molar-refractivity contribution in [3.8, 4) is 0 Å². The van der Waals surface area contributed by atoms with Gasteiger partial charge in [0.15, 0.2) is 5.16 Å². The molecule has 0 aliphatic heterocycles. The number of fused-ring (bicyclic) bond motifs is 3. The molecule has 7 nitrogen and oxygen atoms in total. The molecule has 0 bridgehead atoms. The first-order valence-electron chi connectivity index (χ1n) is 9.42. The number of hydrogen-bond donors (Lipinski definition) is 1. The summed E-state index contributed by atoms with van der Waals surface area (Å²) in [5.41, 5.74) is 1.35. The third-order valence-corrected chi connectivity index (χ3v) is 6.02. The number of nitrogens with zero attached hydrogens (tertiary/aromatic N) is 4. The zero-order valence-electron chi connectivity index (χ0n) is 16.7. The Morgan fingerprint density at radius 3 is 2.53 bits per heavy atom. The summed E-state index contributed by atoms with van der Waals surface area (Å²) in [5.74, 6) is -0.0855. The van der Waals surface area contributed by atoms with Gasteiger partial charge in [-0.2, -0.15) is 0 Å². The molecular weight excluding hydrogens is 405 g/mol. The maximum absolute atomic E-state index is 13.1. The van der Waals surface area contributed by atoms with Crippen LogP contribution in [-0.2, 0) is 11.8 Å². The third kappa shape index (κ3) is 3.56. The number of nitrogens with one attached hydrogen (secondary N) is 1. The normalized spacial score (nSPS) is 13.5. The second-order valence-electron chi connectivity index (χ2n) is 7.04. The van der Waals surface area contributed by atoms with Crippen molar-refractivity contribution in [2.24, 2.45) is 7.05 Å². The molecule has 1 N–H and O–H groups in total. The third-order valence-electron chi connectivity index (χ3n) is 4.98. The Morgan fingerprint density at radius 2 is 1.80 bits per heavy atom. The van der Waals surface area contributed by atoms with Crippen LogP contribution < -0.4 is 10.9 Å². The molecule has 4 aromatic rings. The lowest BCUT2D eigenvalue weighted by molar-refractivity contribution is -0.120. The highest BCUT2D eigenvalue weighted by Gasteiger charge is 2.22. The van der Waals surface area contributed by atoms with E-state index < -0.39 is 5.25 Å². The average molecular weight is 425 g/mol. The molecule has 0 spiro atoms. The summed E-state index contributed by atoms with van der Waals surface area (Å²) >= 11 is 1.26. The van der Waals surface area contributed by atoms with E-state index in [4.69, 9.17) is 0 Å². The van der Waals surface area contributed by atoms with Gasteiger partial charge in [0.1, 0.15) is 5.82 Å². The molecule has 2 aromatic carbocycles. The van der Waals surface area contributed by atoms with E-state index in [0.29, 0.717) is 21.8 Å². The van der Waals surface area contributed by atoms with Crippen molar-refractivity contribution in [2.75, 3.05) is 0 Å². The lowest BCUT2D eigenvalue weighted by atomic mass is 10.1. The maximum atomic E-state index is 13.1. The zero-order chi connectivity index (χ0) is 21.4. The molecular formula is C21H20FN5O2S. The first-order chi connectivity index (χ1) is 14.4. The standard InChI is InChI=1S/C21H20FN5O2S/c1-12(14-8-10-15(22)11-9-14)23-18(28)13(2)30-21-25-24-20-26(3)19(29)16-6-4-5-7-17(16)27(20)21/h4-13H,1-3H3,(H,23,28). The highest BCUT2D eigenvalue weighted by atomic mass is 32.2. The number of aromatic nitrogens is 4. The number of thioether (sulfide) groups is 1. The van der Waals surface area contributed by atoms with E-state index in [1.54, 1.807) is 42.6 Å². The lowest BCUT2D eigenvalue weighted by Gasteiger charge is -2.17. The monoisotopic (exact) mass is 425 g/mol. The fraction of sp³-hybridized carbons (Fsp3) is 0.238. The van der Waals surface area contributed by atoms with Gasteiger partial charge in [-0.15, -0.1) is 10.2 Å². The van der Waals surface area contributed by atoms with Crippen molar-refractivity contribution in [2.45, 2.75) is 30.3 Å². The Hall–Kier alpha value is -3.20. The van der Waals surface area contributed by atoms with Gasteiger partial charge >= 0.3 is 0 Å². The van der Waals surface area contributed by atoms with Gasteiger partial charge in [0.2, 0.25) is 11.7 Å². The van der Waals surface area contributed by atoms with E-state index in [1.807, 2.05) is 19.1 Å². The van der Waals surface area contributed by atoms with Gasteiger partial charge in [0, 0.05) is 7.05 Å². The van der Waals surface area contributed by atoms with Crippen LogP contribution in [0.15, 0.2) is 58.5 Å². The first kappa shape index (κ1) is 20.1. The topological polar surface area (TPSA) is 81.3 Å². The van der Waals surface area contributed by atoms with Crippen LogP contribution in [0.3, 0.4) is 0 Å². The van der Waals surface area contributed by atoms with E-state index in [9.17, 15) is 14.0 Å². The molecule has 0 aliphatic rings. The van der Waals surface area contributed by atoms with Crippen molar-refractivity contribution < 1.29 is 9.18 Å². The minimum atomic E-state index is -0.462. The molecule has 0 radical (unpaired) electrons. The molecule has 1 amide bonds. The number of benzene rings is 2. The van der Waals surface area contributed by atoms with Gasteiger partial charge < -0.3 is 5.32 Å². The van der Waals surface area contributed by atoms with E-state index in [0.717, 1.165) is 5.56 Å². The molecule has 2 unspecified atom stereocenters. The summed E-state index contributed by atoms with van der Waals surface area (Å²) in [4.78, 5) is 25.3. The summed E-state index contributed by atoms with van der Waals surface area (Å²) in [7, 11) is 1.65. The summed E-state index contributed by atoms with van der Waals surface area (Å²) in [5, 5.41) is 11.9. The Morgan fingerprint density at radius 1 is 1.10 bits per heavy atom. The van der Waals surface area contributed by atoms with Crippen LogP contribution in [0, 0.1) is 5.82 Å². The molecule has 2 heterocycles. The fourth-order valence-corrected chi connectivity index (χ4v) is 4.13. The molecule has 0 aliphatic carbocycles. The summed E-state index contributed by atoms with van der Waals surface area (Å²) in [6.45, 7) is 3.63. The number of halogens is 1. The Bertz CT molecular complexity index is 1300. The van der Waals surface area contributed by atoms with Crippen LogP contribution in [0.25, 0.3) is 16.7 Å². The average Bonchev–Trinajstić information content (AvgIpc) is 3.16. The van der Waals surface area contributed by atoms with E-state index in [-0.39, 0.29) is 23.3 Å². The Labute approximate surface area is 175 Å². The van der Waals surface area contributed by atoms with Crippen molar-refractivity contribution in [3.05, 3.63) is 70.3 Å². The molecule has 4 rings (SSSR count). The molecule has 0 saturated carbocycles. The highest BCUT2D eigenvalue weighted by Crippen LogP contribution is 2.25. The van der Waals surface area contributed by atoms with Crippen LogP contribution in [-0.4, -0.2) is 30.3 Å². The summed E-state index contributed by atoms with van der Waals surface area (Å²) in [6.07, 6.45) is 0. The fourth-order valence-electron chi connectivity index (χ4n) is 3.26. The molecule has 2 aromatic heterocycles. The second-order valence-corrected chi connectivity index (χ2v) is 8.35. The van der Waals surface area contributed by atoms with Gasteiger partial charge in [-0.05, 0) is 43.7 Å². The quantitative estimate of drug-likeness (QED) is 0.497. The van der Waals surface area contributed by atoms with Gasteiger partial charge in [-0.25, -0.2) is 4.39 Å².